The van der Waals surface area contributed by atoms with Crippen molar-refractivity contribution < 1.29 is 0 Å². The van der Waals surface area contributed by atoms with E-state index in [1.807, 2.05) is 43.5 Å². The fraction of sp³-hybridized carbons (Fsp3) is 0.118. The molecule has 0 fully saturated rings. The van der Waals surface area contributed by atoms with Gasteiger partial charge in [-0.05, 0) is 47.2 Å². The van der Waals surface area contributed by atoms with Crippen LogP contribution in [0, 0.1) is 6.92 Å². The lowest BCUT2D eigenvalue weighted by atomic mass is 9.94. The van der Waals surface area contributed by atoms with E-state index in [4.69, 9.17) is 17.3 Å². The predicted octanol–water partition coefficient (Wildman–Crippen LogP) is 4.24. The van der Waals surface area contributed by atoms with Crippen molar-refractivity contribution in [2.45, 2.75) is 13.0 Å². The molecular weight excluding hydrogens is 268 g/mol. The SMILES string of the molecule is Cc1cc(Cl)cc(C(N)c2cccc3ccncc23)c1. The first-order valence-corrected chi connectivity index (χ1v) is 6.88. The number of benzene rings is 2. The van der Waals surface area contributed by atoms with Gasteiger partial charge < -0.3 is 5.73 Å². The van der Waals surface area contributed by atoms with Crippen LogP contribution in [0.1, 0.15) is 22.7 Å². The summed E-state index contributed by atoms with van der Waals surface area (Å²) in [5.41, 5.74) is 9.63. The Morgan fingerprint density at radius 2 is 2.00 bits per heavy atom. The molecule has 2 nitrogen and oxygen atoms in total. The Bertz CT molecular complexity index is 742. The maximum atomic E-state index is 6.43. The summed E-state index contributed by atoms with van der Waals surface area (Å²) in [6, 6.07) is 13.9. The van der Waals surface area contributed by atoms with Gasteiger partial charge in [-0.2, -0.15) is 0 Å². The first-order chi connectivity index (χ1) is 9.65. The topological polar surface area (TPSA) is 38.9 Å². The monoisotopic (exact) mass is 282 g/mol. The average Bonchev–Trinajstić information content (AvgIpc) is 2.45. The normalized spacial score (nSPS) is 12.6. The Balaban J connectivity index is 2.15. The van der Waals surface area contributed by atoms with Crippen LogP contribution in [0.3, 0.4) is 0 Å². The summed E-state index contributed by atoms with van der Waals surface area (Å²) in [6.45, 7) is 2.02. The number of rotatable bonds is 2. The molecule has 0 aliphatic carbocycles. The first-order valence-electron chi connectivity index (χ1n) is 6.50. The largest absolute Gasteiger partial charge is 0.320 e. The van der Waals surface area contributed by atoms with Gasteiger partial charge in [-0.1, -0.05) is 35.9 Å². The van der Waals surface area contributed by atoms with E-state index in [1.54, 1.807) is 6.20 Å². The van der Waals surface area contributed by atoms with Crippen molar-refractivity contribution in [3.8, 4) is 0 Å². The van der Waals surface area contributed by atoms with Crippen molar-refractivity contribution in [1.29, 1.82) is 0 Å². The fourth-order valence-corrected chi connectivity index (χ4v) is 2.83. The van der Waals surface area contributed by atoms with E-state index >= 15 is 0 Å². The Kier molecular flexibility index (Phi) is 3.43. The molecule has 0 amide bonds. The van der Waals surface area contributed by atoms with Crippen molar-refractivity contribution in [3.63, 3.8) is 0 Å². The number of aryl methyl sites for hydroxylation is 1. The van der Waals surface area contributed by atoms with Crippen LogP contribution >= 0.6 is 11.6 Å². The summed E-state index contributed by atoms with van der Waals surface area (Å²) < 4.78 is 0. The van der Waals surface area contributed by atoms with Crippen LogP contribution in [0.2, 0.25) is 5.02 Å². The zero-order chi connectivity index (χ0) is 14.1. The minimum Gasteiger partial charge on any atom is -0.320 e. The number of pyridine rings is 1. The van der Waals surface area contributed by atoms with Crippen LogP contribution in [0.5, 0.6) is 0 Å². The quantitative estimate of drug-likeness (QED) is 0.763. The molecule has 3 rings (SSSR count). The Morgan fingerprint density at radius 1 is 1.15 bits per heavy atom. The van der Waals surface area contributed by atoms with Crippen LogP contribution < -0.4 is 5.73 Å². The van der Waals surface area contributed by atoms with Gasteiger partial charge in [0.2, 0.25) is 0 Å². The minimum absolute atomic E-state index is 0.208. The minimum atomic E-state index is -0.208. The van der Waals surface area contributed by atoms with Crippen molar-refractivity contribution in [3.05, 3.63) is 76.6 Å². The maximum Gasteiger partial charge on any atom is 0.0558 e. The van der Waals surface area contributed by atoms with Gasteiger partial charge in [0.15, 0.2) is 0 Å². The lowest BCUT2D eigenvalue weighted by molar-refractivity contribution is 0.878. The Labute approximate surface area is 123 Å². The van der Waals surface area contributed by atoms with Crippen molar-refractivity contribution in [2.24, 2.45) is 5.73 Å². The Morgan fingerprint density at radius 3 is 2.80 bits per heavy atom. The molecule has 3 aromatic rings. The van der Waals surface area contributed by atoms with Crippen LogP contribution in [0.25, 0.3) is 10.8 Å². The molecule has 20 heavy (non-hydrogen) atoms. The van der Waals surface area contributed by atoms with Gasteiger partial charge in [0, 0.05) is 22.8 Å². The zero-order valence-corrected chi connectivity index (χ0v) is 11.9. The standard InChI is InChI=1S/C17H15ClN2/c1-11-7-13(9-14(18)8-11)17(19)15-4-2-3-12-5-6-20-10-16(12)15/h2-10,17H,19H2,1H3. The highest BCUT2D eigenvalue weighted by Crippen LogP contribution is 2.28. The molecule has 2 N–H and O–H groups in total. The highest BCUT2D eigenvalue weighted by molar-refractivity contribution is 6.30. The molecule has 0 saturated carbocycles. The van der Waals surface area contributed by atoms with Crippen LogP contribution in [-0.4, -0.2) is 4.98 Å². The third-order valence-corrected chi connectivity index (χ3v) is 3.69. The first kappa shape index (κ1) is 13.1. The predicted molar refractivity (Wildman–Crippen MR) is 84.0 cm³/mol. The van der Waals surface area contributed by atoms with Gasteiger partial charge in [0.05, 0.1) is 6.04 Å². The van der Waals surface area contributed by atoms with Crippen molar-refractivity contribution in [2.75, 3.05) is 0 Å². The third-order valence-electron chi connectivity index (χ3n) is 3.48. The number of fused-ring (bicyclic) bond motifs is 1. The van der Waals surface area contributed by atoms with Gasteiger partial charge in [-0.15, -0.1) is 0 Å². The molecule has 0 aliphatic rings. The summed E-state index contributed by atoms with van der Waals surface area (Å²) in [5, 5.41) is 2.95. The van der Waals surface area contributed by atoms with E-state index in [0.717, 1.165) is 27.5 Å². The lowest BCUT2D eigenvalue weighted by Gasteiger charge is -2.16. The molecule has 0 saturated heterocycles. The summed E-state index contributed by atoms with van der Waals surface area (Å²) in [5.74, 6) is 0. The van der Waals surface area contributed by atoms with Crippen LogP contribution in [0.4, 0.5) is 0 Å². The second kappa shape index (κ2) is 5.23. The average molecular weight is 283 g/mol. The van der Waals surface area contributed by atoms with Crippen molar-refractivity contribution in [1.82, 2.24) is 4.98 Å². The summed E-state index contributed by atoms with van der Waals surface area (Å²) in [7, 11) is 0. The second-order valence-electron chi connectivity index (χ2n) is 4.98. The van der Waals surface area contributed by atoms with Crippen LogP contribution in [0.15, 0.2) is 54.9 Å². The third kappa shape index (κ3) is 2.40. The molecule has 0 bridgehead atoms. The fourth-order valence-electron chi connectivity index (χ4n) is 2.53. The van der Waals surface area contributed by atoms with Gasteiger partial charge in [0.25, 0.3) is 0 Å². The molecule has 1 aromatic heterocycles. The molecule has 3 heteroatoms. The molecule has 0 spiro atoms. The molecule has 1 unspecified atom stereocenters. The maximum absolute atomic E-state index is 6.43. The van der Waals surface area contributed by atoms with E-state index < -0.39 is 0 Å². The molecule has 0 aliphatic heterocycles. The molecule has 100 valence electrons. The lowest BCUT2D eigenvalue weighted by Crippen LogP contribution is -2.12. The smallest absolute Gasteiger partial charge is 0.0558 e. The number of aromatic nitrogens is 1. The zero-order valence-electron chi connectivity index (χ0n) is 11.2. The molecule has 0 radical (unpaired) electrons. The number of hydrogen-bond donors (Lipinski definition) is 1. The van der Waals surface area contributed by atoms with Gasteiger partial charge in [0.1, 0.15) is 0 Å². The Hall–Kier alpha value is -1.90. The summed E-state index contributed by atoms with van der Waals surface area (Å²) >= 11 is 6.13. The number of nitrogens with two attached hydrogens (primary N) is 1. The van der Waals surface area contributed by atoms with Gasteiger partial charge >= 0.3 is 0 Å². The molecule has 1 heterocycles. The van der Waals surface area contributed by atoms with E-state index in [-0.39, 0.29) is 6.04 Å². The number of halogens is 1. The molecular formula is C17H15ClN2. The highest BCUT2D eigenvalue weighted by atomic mass is 35.5. The molecule has 1 atom stereocenters. The van der Waals surface area contributed by atoms with Gasteiger partial charge in [-0.25, -0.2) is 0 Å². The molecule has 2 aromatic carbocycles. The van der Waals surface area contributed by atoms with Crippen LogP contribution in [-0.2, 0) is 0 Å². The number of hydrogen-bond acceptors (Lipinski definition) is 2. The summed E-state index contributed by atoms with van der Waals surface area (Å²) in [4.78, 5) is 4.20. The van der Waals surface area contributed by atoms with E-state index in [9.17, 15) is 0 Å². The van der Waals surface area contributed by atoms with E-state index in [0.29, 0.717) is 5.02 Å². The number of nitrogens with zero attached hydrogens (tertiary/aromatic N) is 1. The van der Waals surface area contributed by atoms with E-state index in [1.165, 1.54) is 0 Å². The van der Waals surface area contributed by atoms with E-state index in [2.05, 4.69) is 17.1 Å². The van der Waals surface area contributed by atoms with Crippen molar-refractivity contribution >= 4 is 22.4 Å². The second-order valence-corrected chi connectivity index (χ2v) is 5.42. The highest BCUT2D eigenvalue weighted by Gasteiger charge is 2.13. The summed E-state index contributed by atoms with van der Waals surface area (Å²) in [6.07, 6.45) is 3.66. The van der Waals surface area contributed by atoms with Gasteiger partial charge in [-0.3, -0.25) is 4.98 Å².